The van der Waals surface area contributed by atoms with Gasteiger partial charge in [-0.15, -0.1) is 36.4 Å². The van der Waals surface area contributed by atoms with Crippen molar-refractivity contribution in [2.75, 3.05) is 14.1 Å². The third-order valence-corrected chi connectivity index (χ3v) is 9.17. The third-order valence-electron chi connectivity index (χ3n) is 9.17. The van der Waals surface area contributed by atoms with E-state index in [1.165, 1.54) is 36.7 Å². The van der Waals surface area contributed by atoms with E-state index in [4.69, 9.17) is 9.47 Å². The number of aromatic nitrogens is 4. The molecule has 4 aromatic carbocycles. The monoisotopic (exact) mass is 1130 g/mol. The average Bonchev–Trinajstić information content (AvgIpc) is 3.98. The van der Waals surface area contributed by atoms with Crippen LogP contribution in [0.15, 0.2) is 122 Å². The standard InChI is InChI=1S/C44H26F2N8O2.2Pt/c1-49-17-19-51(27-49)31-5-3-7-33(23-31)55-35-9-11-37-39(25-35)53(41-21-29(45)13-15-47-41)44-38-12-10-36(26-40(38)54(43(37)44)42-22-30(46)14-16-48-42)56-34-8-4-6-32(24-34)52-20-18-50(2)28-52;;/h3-22H,1-2H3;;/q;2*+2. The zero-order valence-corrected chi connectivity index (χ0v) is 34.9. The van der Waals surface area contributed by atoms with Crippen molar-refractivity contribution in [2.24, 2.45) is 0 Å². The number of pyridine rings is 2. The zero-order valence-electron chi connectivity index (χ0n) is 30.3. The van der Waals surface area contributed by atoms with Crippen LogP contribution in [-0.4, -0.2) is 63.5 Å². The van der Waals surface area contributed by atoms with E-state index < -0.39 is 11.6 Å². The molecule has 0 amide bonds. The van der Waals surface area contributed by atoms with Gasteiger partial charge in [-0.3, -0.25) is 0 Å². The van der Waals surface area contributed by atoms with Crippen LogP contribution < -0.4 is 9.47 Å². The minimum atomic E-state index is -0.471. The van der Waals surface area contributed by atoms with Crippen molar-refractivity contribution < 1.29 is 78.7 Å². The fourth-order valence-electron chi connectivity index (χ4n) is 6.79. The van der Waals surface area contributed by atoms with Crippen molar-refractivity contribution in [2.45, 2.75) is 0 Å². The van der Waals surface area contributed by atoms with E-state index >= 15 is 0 Å². The van der Waals surface area contributed by atoms with Crippen LogP contribution in [-0.2, 0) is 42.1 Å². The van der Waals surface area contributed by atoms with Gasteiger partial charge in [0.2, 0.25) is 12.4 Å². The number of hydrogen-bond acceptors (Lipinski definition) is 4. The Hall–Kier alpha value is -6.40. The maximum Gasteiger partial charge on any atom is 2.00 e. The van der Waals surface area contributed by atoms with Crippen molar-refractivity contribution in [1.82, 2.24) is 19.1 Å². The van der Waals surface area contributed by atoms with Crippen LogP contribution in [0.5, 0.6) is 23.0 Å². The molecule has 58 heavy (non-hydrogen) atoms. The molecule has 6 heterocycles. The van der Waals surface area contributed by atoms with Crippen LogP contribution in [0.3, 0.4) is 0 Å². The first-order valence-electron chi connectivity index (χ1n) is 17.4. The molecule has 0 spiro atoms. The fraction of sp³-hybridized carbons (Fsp3) is 0.0455. The zero-order chi connectivity index (χ0) is 37.9. The van der Waals surface area contributed by atoms with Crippen LogP contribution in [0.4, 0.5) is 20.2 Å². The quantitative estimate of drug-likeness (QED) is 0.113. The number of hydrogen-bond donors (Lipinski definition) is 0. The maximum atomic E-state index is 14.9. The first kappa shape index (κ1) is 38.5. The maximum absolute atomic E-state index is 14.9. The van der Waals surface area contributed by atoms with E-state index in [1.807, 2.05) is 103 Å². The molecule has 0 aliphatic carbocycles. The van der Waals surface area contributed by atoms with E-state index in [9.17, 15) is 8.78 Å². The smallest absolute Gasteiger partial charge is 0.509 e. The Morgan fingerprint density at radius 3 is 1.38 bits per heavy atom. The van der Waals surface area contributed by atoms with Gasteiger partial charge in [0.05, 0.1) is 0 Å². The van der Waals surface area contributed by atoms with Crippen LogP contribution in [0, 0.1) is 35.9 Å². The molecule has 0 radical (unpaired) electrons. The summed E-state index contributed by atoms with van der Waals surface area (Å²) in [6.45, 7) is 0. The summed E-state index contributed by atoms with van der Waals surface area (Å²) in [7, 11) is 3.78. The summed E-state index contributed by atoms with van der Waals surface area (Å²) in [5, 5.41) is 1.39. The molecule has 8 aromatic rings. The number of fused-ring (bicyclic) bond motifs is 5. The van der Waals surface area contributed by atoms with Crippen LogP contribution in [0.1, 0.15) is 0 Å². The number of benzene rings is 4. The SMILES string of the molecule is C[N+]1=C=[N+](c2[c-]c(Oc3[c-]c4c(cc3)c3c(c5ccc(Oc6[c-]c([N+]7=C=[N+](C)C=C7)ccc6)[c-]c5n3-c3cc(F)ccn3)n4-c3cc(F)ccn3)ccc2)C=C1.[Pt+2].[Pt+2]. The molecule has 0 fully saturated rings. The largest absolute Gasteiger partial charge is 2.00 e. The van der Waals surface area contributed by atoms with Gasteiger partial charge in [0, 0.05) is 58.6 Å². The summed E-state index contributed by atoms with van der Waals surface area (Å²) in [5.41, 5.74) is 3.85. The van der Waals surface area contributed by atoms with Crippen molar-refractivity contribution in [3.05, 3.63) is 158 Å². The van der Waals surface area contributed by atoms with Gasteiger partial charge in [-0.05, 0) is 12.1 Å². The second-order valence-electron chi connectivity index (χ2n) is 13.0. The fourth-order valence-corrected chi connectivity index (χ4v) is 6.79. The minimum Gasteiger partial charge on any atom is -0.509 e. The molecule has 4 aromatic heterocycles. The van der Waals surface area contributed by atoms with Gasteiger partial charge in [-0.25, -0.2) is 18.7 Å². The number of ether oxygens (including phenoxy) is 2. The van der Waals surface area contributed by atoms with E-state index in [0.29, 0.717) is 67.5 Å². The number of rotatable bonds is 8. The van der Waals surface area contributed by atoms with Crippen LogP contribution >= 0.6 is 0 Å². The molecule has 10 nitrogen and oxygen atoms in total. The average molecular weight is 1130 g/mol. The summed E-state index contributed by atoms with van der Waals surface area (Å²) in [4.78, 5) is 9.14. The molecule has 14 heteroatoms. The Balaban J connectivity index is 0.00000235. The van der Waals surface area contributed by atoms with Gasteiger partial charge in [-0.1, -0.05) is 64.4 Å². The Bertz CT molecular complexity index is 2980. The molecule has 0 saturated heterocycles. The molecule has 2 aliphatic rings. The minimum absolute atomic E-state index is 0. The normalized spacial score (nSPS) is 13.0. The summed E-state index contributed by atoms with van der Waals surface area (Å²) in [5.74, 6) is 1.35. The Labute approximate surface area is 358 Å². The molecular formula is C44H26F2N8O2Pt2+4. The van der Waals surface area contributed by atoms with E-state index in [1.54, 1.807) is 24.3 Å². The number of halogens is 2. The topological polar surface area (TPSA) is 66.1 Å². The van der Waals surface area contributed by atoms with Crippen LogP contribution in [0.2, 0.25) is 0 Å². The van der Waals surface area contributed by atoms with Crippen molar-refractivity contribution in [3.63, 3.8) is 0 Å². The summed E-state index contributed by atoms with van der Waals surface area (Å²) in [6.07, 6.45) is 10.3. The molecule has 0 atom stereocenters. The Morgan fingerprint density at radius 2 is 0.983 bits per heavy atom. The van der Waals surface area contributed by atoms with E-state index in [2.05, 4.69) is 46.3 Å². The molecular weight excluding hydrogens is 1100 g/mol. The summed E-state index contributed by atoms with van der Waals surface area (Å²) in [6, 6.07) is 43.4. The van der Waals surface area contributed by atoms with Gasteiger partial charge in [0.25, 0.3) is 12.4 Å². The van der Waals surface area contributed by atoms with E-state index in [-0.39, 0.29) is 42.1 Å². The first-order valence-corrected chi connectivity index (χ1v) is 17.4. The molecule has 0 bridgehead atoms. The first-order chi connectivity index (χ1) is 27.3. The Kier molecular flexibility index (Phi) is 10.3. The van der Waals surface area contributed by atoms with E-state index in [0.717, 1.165) is 11.4 Å². The molecule has 0 unspecified atom stereocenters. The summed E-state index contributed by atoms with van der Waals surface area (Å²) < 4.78 is 53.4. The van der Waals surface area contributed by atoms with Gasteiger partial charge in [-0.2, -0.15) is 24.3 Å². The molecule has 284 valence electrons. The third kappa shape index (κ3) is 6.97. The van der Waals surface area contributed by atoms with Gasteiger partial charge in [0.15, 0.2) is 14.1 Å². The molecule has 0 N–H and O–H groups in total. The van der Waals surface area contributed by atoms with Gasteiger partial charge >= 0.3 is 54.1 Å². The second-order valence-corrected chi connectivity index (χ2v) is 13.0. The molecule has 10 rings (SSSR count). The van der Waals surface area contributed by atoms with Crippen molar-refractivity contribution in [3.8, 4) is 34.6 Å². The Morgan fingerprint density at radius 1 is 0.552 bits per heavy atom. The second kappa shape index (κ2) is 15.5. The van der Waals surface area contributed by atoms with Gasteiger partial charge in [0.1, 0.15) is 34.6 Å². The predicted molar refractivity (Wildman–Crippen MR) is 202 cm³/mol. The summed E-state index contributed by atoms with van der Waals surface area (Å²) >= 11 is 0. The molecule has 2 aliphatic heterocycles. The number of nitrogens with zero attached hydrogens (tertiary/aromatic N) is 8. The van der Waals surface area contributed by atoms with Crippen molar-refractivity contribution >= 4 is 56.2 Å². The predicted octanol–water partition coefficient (Wildman–Crippen LogP) is 8.47. The molecule has 0 saturated carbocycles. The van der Waals surface area contributed by atoms with Crippen molar-refractivity contribution in [1.29, 1.82) is 0 Å². The van der Waals surface area contributed by atoms with Crippen LogP contribution in [0.25, 0.3) is 44.5 Å². The van der Waals surface area contributed by atoms with Gasteiger partial charge < -0.3 is 18.6 Å².